The fourth-order valence-corrected chi connectivity index (χ4v) is 1.62. The van der Waals surface area contributed by atoms with E-state index < -0.39 is 5.60 Å². The van der Waals surface area contributed by atoms with Gasteiger partial charge in [-0.2, -0.15) is 0 Å². The lowest BCUT2D eigenvalue weighted by molar-refractivity contribution is 0.0886. The number of anilines is 1. The maximum atomic E-state index is 9.76. The molecule has 0 fully saturated rings. The van der Waals surface area contributed by atoms with Crippen LogP contribution in [0.15, 0.2) is 23.5 Å². The maximum absolute atomic E-state index is 9.76. The van der Waals surface area contributed by atoms with E-state index >= 15 is 0 Å². The van der Waals surface area contributed by atoms with Crippen LogP contribution in [0.4, 0.5) is 5.69 Å². The predicted molar refractivity (Wildman–Crippen MR) is 66.3 cm³/mol. The molecule has 0 radical (unpaired) electrons. The van der Waals surface area contributed by atoms with Gasteiger partial charge in [0, 0.05) is 19.8 Å². The quantitative estimate of drug-likeness (QED) is 0.305. The van der Waals surface area contributed by atoms with Gasteiger partial charge in [0.05, 0.1) is 11.3 Å². The average Bonchev–Trinajstić information content (AvgIpc) is 2.25. The molecule has 0 aliphatic rings. The van der Waals surface area contributed by atoms with Crippen molar-refractivity contribution < 1.29 is 10.3 Å². The van der Waals surface area contributed by atoms with E-state index in [1.165, 1.54) is 0 Å². The largest absolute Gasteiger partial charge is 0.409 e. The summed E-state index contributed by atoms with van der Waals surface area (Å²) in [6.45, 7) is 3.83. The Hall–Kier alpha value is -1.82. The molecule has 0 saturated heterocycles. The molecule has 0 aromatic carbocycles. The lowest BCUT2D eigenvalue weighted by Crippen LogP contribution is -2.37. The first kappa shape index (κ1) is 13.2. The van der Waals surface area contributed by atoms with Gasteiger partial charge in [-0.25, -0.2) is 0 Å². The van der Waals surface area contributed by atoms with E-state index in [2.05, 4.69) is 10.1 Å². The second kappa shape index (κ2) is 5.01. The van der Waals surface area contributed by atoms with Gasteiger partial charge in [-0.1, -0.05) is 5.16 Å². The van der Waals surface area contributed by atoms with E-state index in [4.69, 9.17) is 10.9 Å². The van der Waals surface area contributed by atoms with E-state index in [-0.39, 0.29) is 5.84 Å². The van der Waals surface area contributed by atoms with Crippen LogP contribution < -0.4 is 10.6 Å². The molecule has 94 valence electrons. The van der Waals surface area contributed by atoms with Crippen molar-refractivity contribution in [1.82, 2.24) is 4.98 Å². The molecule has 1 aromatic rings. The van der Waals surface area contributed by atoms with Crippen LogP contribution in [0.2, 0.25) is 0 Å². The molecule has 0 bridgehead atoms. The van der Waals surface area contributed by atoms with E-state index in [0.717, 1.165) is 0 Å². The highest BCUT2D eigenvalue weighted by molar-refractivity contribution is 6.00. The maximum Gasteiger partial charge on any atom is 0.190 e. The first-order valence-corrected chi connectivity index (χ1v) is 5.21. The van der Waals surface area contributed by atoms with E-state index in [0.29, 0.717) is 17.9 Å². The number of amidine groups is 1. The average molecular weight is 238 g/mol. The minimum atomic E-state index is -0.840. The van der Waals surface area contributed by atoms with Crippen LogP contribution in [0, 0.1) is 0 Å². The molecule has 17 heavy (non-hydrogen) atoms. The van der Waals surface area contributed by atoms with Crippen LogP contribution in [0.5, 0.6) is 0 Å². The number of nitrogens with two attached hydrogens (primary N) is 1. The summed E-state index contributed by atoms with van der Waals surface area (Å²) in [4.78, 5) is 5.87. The third kappa shape index (κ3) is 3.60. The highest BCUT2D eigenvalue weighted by Gasteiger charge is 2.19. The van der Waals surface area contributed by atoms with Crippen molar-refractivity contribution in [3.8, 4) is 0 Å². The molecule has 0 unspecified atom stereocenters. The summed E-state index contributed by atoms with van der Waals surface area (Å²) in [5, 5.41) is 21.4. The second-order valence-electron chi connectivity index (χ2n) is 4.52. The minimum Gasteiger partial charge on any atom is -0.409 e. The number of aliphatic hydroxyl groups is 1. The van der Waals surface area contributed by atoms with Crippen molar-refractivity contribution in [2.24, 2.45) is 10.9 Å². The van der Waals surface area contributed by atoms with Crippen LogP contribution in [0.3, 0.4) is 0 Å². The fourth-order valence-electron chi connectivity index (χ4n) is 1.62. The second-order valence-corrected chi connectivity index (χ2v) is 4.52. The highest BCUT2D eigenvalue weighted by Crippen LogP contribution is 2.18. The number of rotatable bonds is 4. The molecule has 0 amide bonds. The van der Waals surface area contributed by atoms with Crippen LogP contribution >= 0.6 is 0 Å². The summed E-state index contributed by atoms with van der Waals surface area (Å²) in [6, 6.07) is 3.55. The van der Waals surface area contributed by atoms with E-state index in [9.17, 15) is 5.11 Å². The van der Waals surface area contributed by atoms with Gasteiger partial charge in [-0.15, -0.1) is 0 Å². The van der Waals surface area contributed by atoms with Gasteiger partial charge in [0.25, 0.3) is 0 Å². The Kier molecular flexibility index (Phi) is 3.90. The van der Waals surface area contributed by atoms with Gasteiger partial charge in [-0.05, 0) is 26.0 Å². The van der Waals surface area contributed by atoms with Crippen LogP contribution in [-0.2, 0) is 0 Å². The SMILES string of the molecule is CN(CC(C)(C)O)c1cccnc1/C(N)=N/O. The van der Waals surface area contributed by atoms with Gasteiger partial charge in [0.2, 0.25) is 0 Å². The van der Waals surface area contributed by atoms with Crippen molar-refractivity contribution >= 4 is 11.5 Å². The molecule has 0 spiro atoms. The number of nitrogens with zero attached hydrogens (tertiary/aromatic N) is 3. The van der Waals surface area contributed by atoms with Crippen molar-refractivity contribution in [3.05, 3.63) is 24.0 Å². The molecule has 1 aromatic heterocycles. The first-order chi connectivity index (χ1) is 7.85. The third-order valence-corrected chi connectivity index (χ3v) is 2.17. The molecule has 1 rings (SSSR count). The van der Waals surface area contributed by atoms with E-state index in [1.54, 1.807) is 37.1 Å². The Morgan fingerprint density at radius 3 is 2.76 bits per heavy atom. The zero-order chi connectivity index (χ0) is 13.1. The summed E-state index contributed by atoms with van der Waals surface area (Å²) in [5.41, 5.74) is 5.79. The van der Waals surface area contributed by atoms with E-state index in [1.807, 2.05) is 7.05 Å². The smallest absolute Gasteiger partial charge is 0.190 e. The Morgan fingerprint density at radius 1 is 1.59 bits per heavy atom. The molecule has 0 aliphatic carbocycles. The van der Waals surface area contributed by atoms with Crippen molar-refractivity contribution in [3.63, 3.8) is 0 Å². The first-order valence-electron chi connectivity index (χ1n) is 5.21. The number of oxime groups is 1. The number of aromatic nitrogens is 1. The predicted octanol–water partition coefficient (Wildman–Crippen LogP) is 0.383. The van der Waals surface area contributed by atoms with Gasteiger partial charge in [-0.3, -0.25) is 4.98 Å². The van der Waals surface area contributed by atoms with Gasteiger partial charge >= 0.3 is 0 Å². The standard InChI is InChI=1S/C11H18N4O2/c1-11(2,16)7-15(3)8-5-4-6-13-9(8)10(12)14-17/h4-6,16-17H,7H2,1-3H3,(H2,12,14). The highest BCUT2D eigenvalue weighted by atomic mass is 16.4. The number of hydrogen-bond acceptors (Lipinski definition) is 5. The molecule has 4 N–H and O–H groups in total. The third-order valence-electron chi connectivity index (χ3n) is 2.17. The molecule has 6 nitrogen and oxygen atoms in total. The Morgan fingerprint density at radius 2 is 2.24 bits per heavy atom. The lowest BCUT2D eigenvalue weighted by atomic mass is 10.1. The lowest BCUT2D eigenvalue weighted by Gasteiger charge is -2.28. The molecule has 6 heteroatoms. The summed E-state index contributed by atoms with van der Waals surface area (Å²) in [6.07, 6.45) is 1.56. The van der Waals surface area contributed by atoms with Crippen molar-refractivity contribution in [2.75, 3.05) is 18.5 Å². The van der Waals surface area contributed by atoms with Crippen molar-refractivity contribution in [2.45, 2.75) is 19.4 Å². The normalized spacial score (nSPS) is 12.6. The molecular formula is C11H18N4O2. The zero-order valence-electron chi connectivity index (χ0n) is 10.3. The molecule has 0 atom stereocenters. The zero-order valence-corrected chi connectivity index (χ0v) is 10.3. The summed E-state index contributed by atoms with van der Waals surface area (Å²) in [5.74, 6) is -0.0526. The Bertz CT molecular complexity index is 412. The van der Waals surface area contributed by atoms with Crippen LogP contribution in [-0.4, -0.2) is 40.3 Å². The minimum absolute atomic E-state index is 0.0526. The number of pyridine rings is 1. The topological polar surface area (TPSA) is 95.0 Å². The molecular weight excluding hydrogens is 220 g/mol. The molecule has 1 heterocycles. The molecule has 0 saturated carbocycles. The van der Waals surface area contributed by atoms with Gasteiger partial charge in [0.1, 0.15) is 5.69 Å². The van der Waals surface area contributed by atoms with Gasteiger partial charge in [0.15, 0.2) is 5.84 Å². The summed E-state index contributed by atoms with van der Waals surface area (Å²) < 4.78 is 0. The van der Waals surface area contributed by atoms with Crippen LogP contribution in [0.1, 0.15) is 19.5 Å². The van der Waals surface area contributed by atoms with Gasteiger partial charge < -0.3 is 20.9 Å². The van der Waals surface area contributed by atoms with Crippen LogP contribution in [0.25, 0.3) is 0 Å². The van der Waals surface area contributed by atoms with Crippen molar-refractivity contribution in [1.29, 1.82) is 0 Å². The summed E-state index contributed by atoms with van der Waals surface area (Å²) in [7, 11) is 1.81. The Balaban J connectivity index is 3.05. The summed E-state index contributed by atoms with van der Waals surface area (Å²) >= 11 is 0. The number of likely N-dealkylation sites (N-methyl/N-ethyl adjacent to an activating group) is 1. The number of hydrogen-bond donors (Lipinski definition) is 3. The fraction of sp³-hybridized carbons (Fsp3) is 0.455. The molecule has 0 aliphatic heterocycles. The Labute approximate surface area is 100 Å². The monoisotopic (exact) mass is 238 g/mol.